The van der Waals surface area contributed by atoms with Gasteiger partial charge in [0.05, 0.1) is 29.7 Å². The molecule has 0 aliphatic carbocycles. The molecule has 2 aromatic rings. The highest BCUT2D eigenvalue weighted by atomic mass is 79.9. The summed E-state index contributed by atoms with van der Waals surface area (Å²) in [7, 11) is 0. The van der Waals surface area contributed by atoms with Crippen molar-refractivity contribution in [1.29, 1.82) is 0 Å². The zero-order valence-electron chi connectivity index (χ0n) is 15.7. The average Bonchev–Trinajstić information content (AvgIpc) is 3.35. The number of amides is 1. The number of aliphatic hydroxyl groups excluding tert-OH is 1. The van der Waals surface area contributed by atoms with E-state index in [-0.39, 0.29) is 11.4 Å². The first-order chi connectivity index (χ1) is 14.1. The molecule has 29 heavy (non-hydrogen) atoms. The molecule has 1 atom stereocenters. The lowest BCUT2D eigenvalue weighted by Crippen LogP contribution is -2.43. The second kappa shape index (κ2) is 8.79. The Hall–Kier alpha value is -2.00. The van der Waals surface area contributed by atoms with Gasteiger partial charge in [-0.3, -0.25) is 14.5 Å². The maximum absolute atomic E-state index is 13.2. The first kappa shape index (κ1) is 20.3. The van der Waals surface area contributed by atoms with Gasteiger partial charge in [0, 0.05) is 30.7 Å². The minimum atomic E-state index is -0.615. The van der Waals surface area contributed by atoms with Gasteiger partial charge in [-0.15, -0.1) is 11.3 Å². The molecule has 2 aliphatic heterocycles. The van der Waals surface area contributed by atoms with Gasteiger partial charge >= 0.3 is 0 Å². The highest BCUT2D eigenvalue weighted by Gasteiger charge is 2.44. The highest BCUT2D eigenvalue weighted by Crippen LogP contribution is 2.40. The SMILES string of the molecule is O=C(C1=C(O)C(=O)N(CCN2CCOCC2)[C@@H]1c1cccc(Br)c1)c1cccs1. The molecule has 1 saturated heterocycles. The summed E-state index contributed by atoms with van der Waals surface area (Å²) in [6.45, 7) is 4.05. The van der Waals surface area contributed by atoms with Crippen LogP contribution in [0.25, 0.3) is 0 Å². The number of nitrogens with zero attached hydrogens (tertiary/aromatic N) is 2. The summed E-state index contributed by atoms with van der Waals surface area (Å²) in [4.78, 5) is 30.4. The van der Waals surface area contributed by atoms with E-state index in [9.17, 15) is 14.7 Å². The van der Waals surface area contributed by atoms with Crippen molar-refractivity contribution < 1.29 is 19.4 Å². The topological polar surface area (TPSA) is 70.1 Å². The van der Waals surface area contributed by atoms with E-state index in [1.807, 2.05) is 29.6 Å². The first-order valence-corrected chi connectivity index (χ1v) is 11.1. The van der Waals surface area contributed by atoms with Gasteiger partial charge in [-0.2, -0.15) is 0 Å². The molecule has 0 saturated carbocycles. The van der Waals surface area contributed by atoms with Gasteiger partial charge in [0.2, 0.25) is 5.78 Å². The summed E-state index contributed by atoms with van der Waals surface area (Å²) in [6.07, 6.45) is 0. The summed E-state index contributed by atoms with van der Waals surface area (Å²) in [5.41, 5.74) is 0.941. The Balaban J connectivity index is 1.67. The molecule has 0 radical (unpaired) electrons. The third kappa shape index (κ3) is 4.16. The number of ketones is 1. The molecule has 0 unspecified atom stereocenters. The molecule has 1 fully saturated rings. The molecule has 1 aromatic carbocycles. The van der Waals surface area contributed by atoms with Gasteiger partial charge in [0.15, 0.2) is 5.76 Å². The Morgan fingerprint density at radius 1 is 1.21 bits per heavy atom. The van der Waals surface area contributed by atoms with Crippen molar-refractivity contribution in [2.75, 3.05) is 39.4 Å². The standard InChI is InChI=1S/C21H21BrN2O4S/c22-15-4-1-3-14(13-15)18-17(19(25)16-5-2-12-29-16)20(26)21(27)24(18)7-6-23-8-10-28-11-9-23/h1-5,12-13,18,26H,6-11H2/t18-/m1/s1. The molecule has 0 spiro atoms. The van der Waals surface area contributed by atoms with Crippen LogP contribution in [-0.2, 0) is 9.53 Å². The van der Waals surface area contributed by atoms with Gasteiger partial charge in [0.1, 0.15) is 0 Å². The van der Waals surface area contributed by atoms with Crippen LogP contribution in [0.2, 0.25) is 0 Å². The number of halogens is 1. The molecule has 3 heterocycles. The van der Waals surface area contributed by atoms with E-state index in [0.29, 0.717) is 31.2 Å². The van der Waals surface area contributed by atoms with E-state index in [1.165, 1.54) is 11.3 Å². The summed E-state index contributed by atoms with van der Waals surface area (Å²) in [6, 6.07) is 10.4. The third-order valence-corrected chi connectivity index (χ3v) is 6.58. The molecule has 1 N–H and O–H groups in total. The number of rotatable bonds is 6. The summed E-state index contributed by atoms with van der Waals surface area (Å²) >= 11 is 4.77. The molecule has 2 aliphatic rings. The zero-order valence-corrected chi connectivity index (χ0v) is 18.1. The number of hydrogen-bond acceptors (Lipinski definition) is 6. The molecule has 1 amide bonds. The summed E-state index contributed by atoms with van der Waals surface area (Å²) in [5, 5.41) is 12.5. The fourth-order valence-electron chi connectivity index (χ4n) is 3.75. The van der Waals surface area contributed by atoms with E-state index in [4.69, 9.17) is 4.74 Å². The van der Waals surface area contributed by atoms with Crippen LogP contribution in [0.5, 0.6) is 0 Å². The van der Waals surface area contributed by atoms with Crippen LogP contribution in [0, 0.1) is 0 Å². The minimum absolute atomic E-state index is 0.150. The number of benzene rings is 1. The van der Waals surface area contributed by atoms with Crippen LogP contribution in [0.15, 0.2) is 57.6 Å². The lowest BCUT2D eigenvalue weighted by Gasteiger charge is -2.31. The van der Waals surface area contributed by atoms with Crippen LogP contribution in [0.4, 0.5) is 0 Å². The number of Topliss-reactive ketones (excluding diaryl/α,β-unsaturated/α-hetero) is 1. The molecule has 1 aromatic heterocycles. The van der Waals surface area contributed by atoms with Crippen LogP contribution in [-0.4, -0.2) is 66.0 Å². The van der Waals surface area contributed by atoms with Gasteiger partial charge in [-0.1, -0.05) is 34.1 Å². The summed E-state index contributed by atoms with van der Waals surface area (Å²) in [5.74, 6) is -1.25. The maximum Gasteiger partial charge on any atom is 0.290 e. The predicted molar refractivity (Wildman–Crippen MR) is 114 cm³/mol. The van der Waals surface area contributed by atoms with Gasteiger partial charge in [0.25, 0.3) is 5.91 Å². The van der Waals surface area contributed by atoms with Gasteiger partial charge < -0.3 is 14.7 Å². The predicted octanol–water partition coefficient (Wildman–Crippen LogP) is 3.42. The van der Waals surface area contributed by atoms with Crippen LogP contribution >= 0.6 is 27.3 Å². The Bertz CT molecular complexity index is 938. The number of morpholine rings is 1. The number of carbonyl (C=O) groups excluding carboxylic acids is 2. The molecular weight excluding hydrogens is 456 g/mol. The lowest BCUT2D eigenvalue weighted by atomic mass is 9.95. The molecular formula is C21H21BrN2O4S. The summed E-state index contributed by atoms with van der Waals surface area (Å²) < 4.78 is 6.24. The van der Waals surface area contributed by atoms with Crippen molar-refractivity contribution in [3.8, 4) is 0 Å². The van der Waals surface area contributed by atoms with E-state index in [0.717, 1.165) is 23.1 Å². The van der Waals surface area contributed by atoms with E-state index in [2.05, 4.69) is 20.8 Å². The Labute approximate surface area is 181 Å². The van der Waals surface area contributed by atoms with Crippen molar-refractivity contribution in [3.63, 3.8) is 0 Å². The Morgan fingerprint density at radius 2 is 2.00 bits per heavy atom. The van der Waals surface area contributed by atoms with Crippen molar-refractivity contribution >= 4 is 39.0 Å². The Morgan fingerprint density at radius 3 is 2.69 bits per heavy atom. The molecule has 6 nitrogen and oxygen atoms in total. The fraction of sp³-hybridized carbons (Fsp3) is 0.333. The fourth-order valence-corrected chi connectivity index (χ4v) is 4.85. The second-order valence-corrected chi connectivity index (χ2v) is 8.84. The molecule has 0 bridgehead atoms. The number of hydrogen-bond donors (Lipinski definition) is 1. The monoisotopic (exact) mass is 476 g/mol. The average molecular weight is 477 g/mol. The van der Waals surface area contributed by atoms with Gasteiger partial charge in [-0.25, -0.2) is 0 Å². The van der Waals surface area contributed by atoms with E-state index < -0.39 is 17.7 Å². The van der Waals surface area contributed by atoms with Gasteiger partial charge in [-0.05, 0) is 29.1 Å². The van der Waals surface area contributed by atoms with Crippen LogP contribution in [0.3, 0.4) is 0 Å². The Kier molecular flexibility index (Phi) is 6.15. The second-order valence-electron chi connectivity index (χ2n) is 6.98. The normalized spacial score (nSPS) is 20.5. The van der Waals surface area contributed by atoms with Crippen molar-refractivity contribution in [1.82, 2.24) is 9.80 Å². The zero-order chi connectivity index (χ0) is 20.4. The lowest BCUT2D eigenvalue weighted by molar-refractivity contribution is -0.129. The highest BCUT2D eigenvalue weighted by molar-refractivity contribution is 9.10. The minimum Gasteiger partial charge on any atom is -0.503 e. The molecule has 8 heteroatoms. The van der Waals surface area contributed by atoms with E-state index in [1.54, 1.807) is 17.0 Å². The number of ether oxygens (including phenoxy) is 1. The third-order valence-electron chi connectivity index (χ3n) is 5.22. The largest absolute Gasteiger partial charge is 0.503 e. The quantitative estimate of drug-likeness (QED) is 0.646. The maximum atomic E-state index is 13.2. The molecule has 4 rings (SSSR count). The van der Waals surface area contributed by atoms with Crippen molar-refractivity contribution in [2.24, 2.45) is 0 Å². The smallest absolute Gasteiger partial charge is 0.290 e. The number of thiophene rings is 1. The first-order valence-electron chi connectivity index (χ1n) is 9.44. The van der Waals surface area contributed by atoms with Crippen LogP contribution in [0.1, 0.15) is 21.3 Å². The number of aliphatic hydroxyl groups is 1. The van der Waals surface area contributed by atoms with E-state index >= 15 is 0 Å². The molecule has 152 valence electrons. The van der Waals surface area contributed by atoms with Crippen molar-refractivity contribution in [3.05, 3.63) is 68.0 Å². The number of carbonyl (C=O) groups is 2. The van der Waals surface area contributed by atoms with Crippen LogP contribution < -0.4 is 0 Å². The van der Waals surface area contributed by atoms with Crippen molar-refractivity contribution in [2.45, 2.75) is 6.04 Å².